The molecule has 0 aliphatic heterocycles. The zero-order chi connectivity index (χ0) is 15.0. The summed E-state index contributed by atoms with van der Waals surface area (Å²) in [6.45, 7) is 0. The van der Waals surface area contributed by atoms with Crippen molar-refractivity contribution < 1.29 is 4.79 Å². The smallest absolute Gasteiger partial charge is 0.225 e. The number of thioether (sulfide) groups is 1. The summed E-state index contributed by atoms with van der Waals surface area (Å²) in [6, 6.07) is 8.56. The lowest BCUT2D eigenvalue weighted by molar-refractivity contribution is -0.115. The summed E-state index contributed by atoms with van der Waals surface area (Å²) in [5.74, 6) is 0.0433. The minimum absolute atomic E-state index is 0.0313. The van der Waals surface area contributed by atoms with E-state index < -0.39 is 0 Å². The van der Waals surface area contributed by atoms with Gasteiger partial charge in [-0.3, -0.25) is 10.2 Å². The normalized spacial score (nSPS) is 9.35. The Balaban J connectivity index is 2.35. The number of nitrogens with one attached hydrogen (secondary N) is 2. The summed E-state index contributed by atoms with van der Waals surface area (Å²) >= 11 is 1.08. The number of nitriles is 1. The van der Waals surface area contributed by atoms with Gasteiger partial charge in [-0.15, -0.1) is 0 Å². The van der Waals surface area contributed by atoms with Crippen molar-refractivity contribution in [3.8, 4) is 6.07 Å². The van der Waals surface area contributed by atoms with E-state index in [0.29, 0.717) is 17.0 Å². The number of hydrogen-bond donors (Lipinski definition) is 4. The zero-order valence-electron chi connectivity index (χ0n) is 10.6. The molecule has 0 radical (unpaired) electrons. The third kappa shape index (κ3) is 5.88. The van der Waals surface area contributed by atoms with Gasteiger partial charge in [0.15, 0.2) is 11.1 Å². The highest BCUT2D eigenvalue weighted by Gasteiger charge is 2.04. The average molecular weight is 290 g/mol. The molecule has 1 aromatic rings. The van der Waals surface area contributed by atoms with E-state index in [2.05, 4.69) is 10.3 Å². The Morgan fingerprint density at radius 1 is 1.40 bits per heavy atom. The van der Waals surface area contributed by atoms with Crippen LogP contribution >= 0.6 is 11.8 Å². The molecule has 0 spiro atoms. The van der Waals surface area contributed by atoms with Crippen molar-refractivity contribution in [1.82, 2.24) is 0 Å². The van der Waals surface area contributed by atoms with Gasteiger partial charge in [-0.1, -0.05) is 11.8 Å². The van der Waals surface area contributed by atoms with Crippen LogP contribution in [0.3, 0.4) is 0 Å². The maximum atomic E-state index is 11.6. The quantitative estimate of drug-likeness (QED) is 0.480. The lowest BCUT2D eigenvalue weighted by Crippen LogP contribution is -2.23. The predicted molar refractivity (Wildman–Crippen MR) is 80.4 cm³/mol. The molecule has 0 unspecified atom stereocenters. The summed E-state index contributed by atoms with van der Waals surface area (Å²) in [7, 11) is 0. The highest BCUT2D eigenvalue weighted by Crippen LogP contribution is 2.10. The number of nitrogens with two attached hydrogens (primary N) is 2. The van der Waals surface area contributed by atoms with Crippen LogP contribution < -0.4 is 16.8 Å². The number of anilines is 1. The van der Waals surface area contributed by atoms with Crippen LogP contribution in [0.4, 0.5) is 5.69 Å². The second-order valence-electron chi connectivity index (χ2n) is 3.68. The highest BCUT2D eigenvalue weighted by atomic mass is 32.2. The number of rotatable bonds is 4. The lowest BCUT2D eigenvalue weighted by Gasteiger charge is -2.04. The van der Waals surface area contributed by atoms with Crippen molar-refractivity contribution in [3.63, 3.8) is 0 Å². The third-order valence-corrected chi connectivity index (χ3v) is 2.87. The fourth-order valence-corrected chi connectivity index (χ4v) is 1.89. The van der Waals surface area contributed by atoms with Gasteiger partial charge in [0.2, 0.25) is 5.91 Å². The molecule has 0 fully saturated rings. The van der Waals surface area contributed by atoms with Crippen LogP contribution in [0.15, 0.2) is 29.3 Å². The fourth-order valence-electron chi connectivity index (χ4n) is 1.24. The largest absolute Gasteiger partial charge is 0.370 e. The van der Waals surface area contributed by atoms with E-state index in [0.717, 1.165) is 11.8 Å². The number of nitrogens with zero attached hydrogens (tertiary/aromatic N) is 2. The van der Waals surface area contributed by atoms with Gasteiger partial charge in [0.1, 0.15) is 0 Å². The molecule has 0 atom stereocenters. The Hall–Kier alpha value is -2.53. The van der Waals surface area contributed by atoms with Gasteiger partial charge in [0.25, 0.3) is 0 Å². The van der Waals surface area contributed by atoms with E-state index in [9.17, 15) is 4.79 Å². The summed E-state index contributed by atoms with van der Waals surface area (Å²) in [4.78, 5) is 15.2. The van der Waals surface area contributed by atoms with Crippen molar-refractivity contribution in [3.05, 3.63) is 29.8 Å². The monoisotopic (exact) mass is 290 g/mol. The molecule has 1 amide bonds. The molecular formula is C12H14N6OS. The molecule has 8 heteroatoms. The number of amides is 1. The number of carbonyl (C=O) groups excluding carboxylic acids is 1. The third-order valence-electron chi connectivity index (χ3n) is 2.10. The molecule has 0 saturated heterocycles. The summed E-state index contributed by atoms with van der Waals surface area (Å²) < 4.78 is 0. The molecule has 1 aromatic carbocycles. The van der Waals surface area contributed by atoms with Crippen LogP contribution in [0.1, 0.15) is 12.0 Å². The molecule has 7 nitrogen and oxygen atoms in total. The molecule has 0 aliphatic carbocycles. The van der Waals surface area contributed by atoms with Crippen molar-refractivity contribution in [2.24, 2.45) is 16.5 Å². The van der Waals surface area contributed by atoms with Gasteiger partial charge in [0.05, 0.1) is 11.6 Å². The first-order valence-corrected chi connectivity index (χ1v) is 6.61. The molecule has 0 saturated carbocycles. The van der Waals surface area contributed by atoms with Gasteiger partial charge in [-0.2, -0.15) is 10.3 Å². The molecule has 0 bridgehead atoms. The molecule has 0 heterocycles. The van der Waals surface area contributed by atoms with Crippen LogP contribution in [0.25, 0.3) is 0 Å². The van der Waals surface area contributed by atoms with E-state index >= 15 is 0 Å². The predicted octanol–water partition coefficient (Wildman–Crippen LogP) is 0.828. The molecule has 20 heavy (non-hydrogen) atoms. The van der Waals surface area contributed by atoms with Crippen LogP contribution in [0.5, 0.6) is 0 Å². The summed E-state index contributed by atoms with van der Waals surface area (Å²) in [6.07, 6.45) is 0.229. The fraction of sp³-hybridized carbons (Fsp3) is 0.167. The molecule has 1 rings (SSSR count). The number of hydrogen-bond acceptors (Lipinski definition) is 4. The van der Waals surface area contributed by atoms with Crippen LogP contribution in [-0.2, 0) is 4.79 Å². The number of carbonyl (C=O) groups is 1. The van der Waals surface area contributed by atoms with Crippen molar-refractivity contribution >= 4 is 34.5 Å². The standard InChI is InChI=1S/C12H14N6OS/c13-7-8-1-3-9(4-2-8)17-10(19)5-6-20-12(16)18-11(14)15/h1-4H,5-6H2,(H,17,19)(H5,14,15,16,18). The first-order chi connectivity index (χ1) is 9.51. The minimum atomic E-state index is -0.181. The Bertz CT molecular complexity index is 556. The van der Waals surface area contributed by atoms with Crippen LogP contribution in [0, 0.1) is 16.7 Å². The second kappa shape index (κ2) is 7.81. The van der Waals surface area contributed by atoms with Gasteiger partial charge in [-0.25, -0.2) is 0 Å². The Morgan fingerprint density at radius 3 is 2.60 bits per heavy atom. The van der Waals surface area contributed by atoms with E-state index in [4.69, 9.17) is 22.1 Å². The van der Waals surface area contributed by atoms with Gasteiger partial charge < -0.3 is 16.8 Å². The first-order valence-electron chi connectivity index (χ1n) is 5.62. The van der Waals surface area contributed by atoms with Crippen LogP contribution in [-0.4, -0.2) is 22.8 Å². The SMILES string of the molecule is N#Cc1ccc(NC(=O)CCSC(=N)N=C(N)N)cc1. The maximum absolute atomic E-state index is 11.6. The van der Waals surface area contributed by atoms with E-state index in [1.807, 2.05) is 6.07 Å². The van der Waals surface area contributed by atoms with E-state index in [1.165, 1.54) is 0 Å². The zero-order valence-corrected chi connectivity index (χ0v) is 11.4. The van der Waals surface area contributed by atoms with Crippen molar-refractivity contribution in [2.45, 2.75) is 6.42 Å². The van der Waals surface area contributed by atoms with Crippen molar-refractivity contribution in [2.75, 3.05) is 11.1 Å². The van der Waals surface area contributed by atoms with E-state index in [-0.39, 0.29) is 23.5 Å². The second-order valence-corrected chi connectivity index (χ2v) is 4.76. The maximum Gasteiger partial charge on any atom is 0.225 e. The first kappa shape index (κ1) is 15.5. The number of benzene rings is 1. The van der Waals surface area contributed by atoms with Crippen LogP contribution in [0.2, 0.25) is 0 Å². The topological polar surface area (TPSA) is 141 Å². The van der Waals surface area contributed by atoms with Crippen molar-refractivity contribution in [1.29, 1.82) is 10.7 Å². The Kier molecular flexibility index (Phi) is 6.06. The minimum Gasteiger partial charge on any atom is -0.370 e. The highest BCUT2D eigenvalue weighted by molar-refractivity contribution is 8.13. The molecule has 0 aromatic heterocycles. The Morgan fingerprint density at radius 2 is 2.05 bits per heavy atom. The average Bonchev–Trinajstić information content (AvgIpc) is 2.38. The number of amidine groups is 1. The van der Waals surface area contributed by atoms with Gasteiger partial charge >= 0.3 is 0 Å². The Labute approximate surface area is 120 Å². The molecular weight excluding hydrogens is 276 g/mol. The molecule has 0 aliphatic rings. The van der Waals surface area contributed by atoms with Gasteiger partial charge in [0, 0.05) is 17.9 Å². The molecule has 6 N–H and O–H groups in total. The molecule has 104 valence electrons. The lowest BCUT2D eigenvalue weighted by atomic mass is 10.2. The van der Waals surface area contributed by atoms with E-state index in [1.54, 1.807) is 24.3 Å². The van der Waals surface area contributed by atoms with Gasteiger partial charge in [-0.05, 0) is 24.3 Å². The number of aliphatic imine (C=N–C) groups is 1. The number of guanidine groups is 1. The summed E-state index contributed by atoms with van der Waals surface area (Å²) in [5.41, 5.74) is 11.4. The summed E-state index contributed by atoms with van der Waals surface area (Å²) in [5, 5.41) is 18.7.